The number of aliphatic hydroxyl groups excluding tert-OH is 1. The zero-order chi connectivity index (χ0) is 33.8. The van der Waals surface area contributed by atoms with Crippen LogP contribution in [0.1, 0.15) is 60.9 Å². The van der Waals surface area contributed by atoms with Gasteiger partial charge in [0.25, 0.3) is 0 Å². The van der Waals surface area contributed by atoms with Crippen molar-refractivity contribution in [3.63, 3.8) is 0 Å². The summed E-state index contributed by atoms with van der Waals surface area (Å²) < 4.78 is 38.6. The van der Waals surface area contributed by atoms with Crippen molar-refractivity contribution >= 4 is 23.5 Å². The van der Waals surface area contributed by atoms with Crippen LogP contribution in [0.2, 0.25) is 0 Å². The number of halogens is 2. The molecule has 4 atom stereocenters. The first-order valence-corrected chi connectivity index (χ1v) is 16.5. The number of aliphatic carboxylic acids is 1. The van der Waals surface area contributed by atoms with Crippen LogP contribution in [0, 0.1) is 23.5 Å². The van der Waals surface area contributed by atoms with Crippen LogP contribution in [0.25, 0.3) is 0 Å². The van der Waals surface area contributed by atoms with Crippen LogP contribution in [-0.2, 0) is 30.3 Å². The number of carbonyl (C=O) groups excluding carboxylic acids is 2. The summed E-state index contributed by atoms with van der Waals surface area (Å²) in [5, 5.41) is 20.1. The highest BCUT2D eigenvalue weighted by Crippen LogP contribution is 2.46. The van der Waals surface area contributed by atoms with Crippen molar-refractivity contribution in [3.05, 3.63) is 101 Å². The molecule has 0 spiro atoms. The summed E-state index contributed by atoms with van der Waals surface area (Å²) in [7, 11) is 0. The van der Waals surface area contributed by atoms with E-state index in [0.29, 0.717) is 69.5 Å². The van der Waals surface area contributed by atoms with E-state index in [2.05, 4.69) is 0 Å². The van der Waals surface area contributed by atoms with E-state index in [-0.39, 0.29) is 36.8 Å². The lowest BCUT2D eigenvalue weighted by molar-refractivity contribution is -0.214. The van der Waals surface area contributed by atoms with Crippen LogP contribution < -0.4 is 4.90 Å². The molecule has 48 heavy (non-hydrogen) atoms. The van der Waals surface area contributed by atoms with Gasteiger partial charge in [0, 0.05) is 18.8 Å². The Bertz CT molecular complexity index is 1600. The zero-order valence-corrected chi connectivity index (χ0v) is 26.6. The van der Waals surface area contributed by atoms with Crippen molar-refractivity contribution in [3.8, 4) is 0 Å². The van der Waals surface area contributed by atoms with Gasteiger partial charge in [-0.2, -0.15) is 0 Å². The standard InChI is InChI=1S/C37H40F2N2O7/c38-28-9-7-25(8-10-28)32(42)16-15-31-34(41(35(31)44)30-13-11-29(39)12-14-30)26-5-3-24(4-6-26)17-18-37(22-47-23-37)48-21-33(43)40-19-1-2-27(20-40)36(45)46/h3-14,27,31-32,34,42H,1-2,15-23H2,(H,45,46). The smallest absolute Gasteiger partial charge is 0.308 e. The molecule has 3 aliphatic rings. The highest BCUT2D eigenvalue weighted by atomic mass is 19.1. The Hall–Kier alpha value is -4.19. The Kier molecular flexibility index (Phi) is 10.2. The molecule has 3 fully saturated rings. The zero-order valence-electron chi connectivity index (χ0n) is 26.6. The number of carboxylic acids is 1. The molecule has 4 unspecified atom stereocenters. The number of aliphatic hydroxyl groups is 1. The maximum atomic E-state index is 13.7. The molecule has 3 saturated heterocycles. The van der Waals surface area contributed by atoms with Crippen LogP contribution in [0.4, 0.5) is 14.5 Å². The Labute approximate surface area is 278 Å². The number of benzene rings is 3. The molecule has 0 aromatic heterocycles. The van der Waals surface area contributed by atoms with Gasteiger partial charge in [-0.3, -0.25) is 14.4 Å². The number of β-lactam (4-membered cyclic amide) rings is 1. The van der Waals surface area contributed by atoms with Crippen molar-refractivity contribution in [2.24, 2.45) is 11.8 Å². The number of anilines is 1. The lowest BCUT2D eigenvalue weighted by Gasteiger charge is -2.48. The van der Waals surface area contributed by atoms with Crippen LogP contribution in [0.15, 0.2) is 72.8 Å². The Balaban J connectivity index is 1.09. The van der Waals surface area contributed by atoms with Crippen molar-refractivity contribution in [1.29, 1.82) is 0 Å². The van der Waals surface area contributed by atoms with Gasteiger partial charge in [0.1, 0.15) is 23.8 Å². The second kappa shape index (κ2) is 14.5. The highest BCUT2D eigenvalue weighted by Gasteiger charge is 2.48. The first-order valence-electron chi connectivity index (χ1n) is 16.5. The van der Waals surface area contributed by atoms with Gasteiger partial charge in [0.2, 0.25) is 11.8 Å². The Morgan fingerprint density at radius 1 is 0.979 bits per heavy atom. The van der Waals surface area contributed by atoms with Gasteiger partial charge >= 0.3 is 5.97 Å². The van der Waals surface area contributed by atoms with Gasteiger partial charge in [-0.15, -0.1) is 0 Å². The number of nitrogens with zero attached hydrogens (tertiary/aromatic N) is 2. The fourth-order valence-electron chi connectivity index (χ4n) is 6.88. The molecule has 3 aromatic rings. The number of hydrogen-bond acceptors (Lipinski definition) is 6. The summed E-state index contributed by atoms with van der Waals surface area (Å²) in [5.41, 5.74) is 2.54. The quantitative estimate of drug-likeness (QED) is 0.241. The van der Waals surface area contributed by atoms with E-state index in [1.165, 1.54) is 36.4 Å². The van der Waals surface area contributed by atoms with Gasteiger partial charge in [0.15, 0.2) is 0 Å². The molecular weight excluding hydrogens is 622 g/mol. The number of rotatable bonds is 13. The Morgan fingerprint density at radius 3 is 2.27 bits per heavy atom. The third-order valence-corrected chi connectivity index (χ3v) is 9.87. The predicted octanol–water partition coefficient (Wildman–Crippen LogP) is 5.22. The maximum absolute atomic E-state index is 13.7. The van der Waals surface area contributed by atoms with Gasteiger partial charge < -0.3 is 29.5 Å². The second-order valence-electron chi connectivity index (χ2n) is 13.1. The van der Waals surface area contributed by atoms with Crippen molar-refractivity contribution < 1.29 is 42.9 Å². The normalized spacial score (nSPS) is 22.5. The van der Waals surface area contributed by atoms with Crippen molar-refractivity contribution in [2.75, 3.05) is 37.8 Å². The van der Waals surface area contributed by atoms with Crippen molar-refractivity contribution in [1.82, 2.24) is 4.90 Å². The molecule has 2 N–H and O–H groups in total. The van der Waals surface area contributed by atoms with E-state index in [1.54, 1.807) is 21.9 Å². The van der Waals surface area contributed by atoms with Gasteiger partial charge in [-0.25, -0.2) is 8.78 Å². The second-order valence-corrected chi connectivity index (χ2v) is 13.1. The maximum Gasteiger partial charge on any atom is 0.308 e. The van der Waals surface area contributed by atoms with E-state index in [0.717, 1.165) is 11.1 Å². The van der Waals surface area contributed by atoms with Crippen LogP contribution in [-0.4, -0.2) is 71.4 Å². The minimum absolute atomic E-state index is 0.108. The molecule has 0 aliphatic carbocycles. The summed E-state index contributed by atoms with van der Waals surface area (Å²) in [6.07, 6.45) is 2.41. The molecule has 11 heteroatoms. The summed E-state index contributed by atoms with van der Waals surface area (Å²) in [6.45, 7) is 1.36. The number of likely N-dealkylation sites (tertiary alicyclic amines) is 1. The van der Waals surface area contributed by atoms with Gasteiger partial charge in [-0.05, 0) is 91.6 Å². The monoisotopic (exact) mass is 662 g/mol. The van der Waals surface area contributed by atoms with Gasteiger partial charge in [0.05, 0.1) is 37.2 Å². The van der Waals surface area contributed by atoms with Crippen molar-refractivity contribution in [2.45, 2.75) is 56.3 Å². The Morgan fingerprint density at radius 2 is 1.65 bits per heavy atom. The first-order chi connectivity index (χ1) is 23.1. The predicted molar refractivity (Wildman–Crippen MR) is 172 cm³/mol. The third-order valence-electron chi connectivity index (χ3n) is 9.87. The fraction of sp³-hybridized carbons (Fsp3) is 0.432. The number of amides is 2. The molecule has 0 saturated carbocycles. The average molecular weight is 663 g/mol. The fourth-order valence-corrected chi connectivity index (χ4v) is 6.88. The molecule has 254 valence electrons. The van der Waals surface area contributed by atoms with E-state index < -0.39 is 35.3 Å². The topological polar surface area (TPSA) is 117 Å². The number of ether oxygens (including phenoxy) is 2. The van der Waals surface area contributed by atoms with E-state index in [4.69, 9.17) is 9.47 Å². The van der Waals surface area contributed by atoms with Crippen LogP contribution in [0.3, 0.4) is 0 Å². The molecule has 6 rings (SSSR count). The van der Waals surface area contributed by atoms with Gasteiger partial charge in [-0.1, -0.05) is 36.4 Å². The molecule has 3 aromatic carbocycles. The van der Waals surface area contributed by atoms with E-state index in [1.807, 2.05) is 24.3 Å². The summed E-state index contributed by atoms with van der Waals surface area (Å²) in [6, 6.07) is 19.1. The largest absolute Gasteiger partial charge is 0.481 e. The number of aryl methyl sites for hydroxylation is 1. The molecule has 2 amide bonds. The highest BCUT2D eigenvalue weighted by molar-refractivity contribution is 6.03. The van der Waals surface area contributed by atoms with E-state index >= 15 is 0 Å². The lowest BCUT2D eigenvalue weighted by atomic mass is 9.78. The third kappa shape index (κ3) is 7.43. The SMILES string of the molecule is O=C(O)C1CCCN(C(=O)COC2(CCc3ccc(C4C(CCC(O)c5ccc(F)cc5)C(=O)N4c4ccc(F)cc4)cc3)COC2)C1. The molecular formula is C37H40F2N2O7. The lowest BCUT2D eigenvalue weighted by Crippen LogP contribution is -2.55. The average Bonchev–Trinajstić information content (AvgIpc) is 3.08. The van der Waals surface area contributed by atoms with Crippen LogP contribution >= 0.6 is 0 Å². The summed E-state index contributed by atoms with van der Waals surface area (Å²) >= 11 is 0. The molecule has 3 aliphatic heterocycles. The van der Waals surface area contributed by atoms with Crippen LogP contribution in [0.5, 0.6) is 0 Å². The minimum Gasteiger partial charge on any atom is -0.481 e. The minimum atomic E-state index is -0.883. The number of hydrogen-bond donors (Lipinski definition) is 2. The number of carboxylic acid groups (broad SMARTS) is 1. The molecule has 0 bridgehead atoms. The first kappa shape index (κ1) is 33.7. The van der Waals surface area contributed by atoms with E-state index in [9.17, 15) is 33.4 Å². The molecule has 3 heterocycles. The number of piperidine rings is 1. The summed E-state index contributed by atoms with van der Waals surface area (Å²) in [4.78, 5) is 40.9. The number of carbonyl (C=O) groups is 3. The molecule has 0 radical (unpaired) electrons. The molecule has 9 nitrogen and oxygen atoms in total. The summed E-state index contributed by atoms with van der Waals surface area (Å²) in [5.74, 6) is -2.93.